The van der Waals surface area contributed by atoms with Crippen molar-refractivity contribution in [2.75, 3.05) is 0 Å². The Morgan fingerprint density at radius 3 is 2.88 bits per heavy atom. The standard InChI is InChI=1S/C23H35BrO2/c1-5-6-9-18-16(3)22(25)26-21(18)13-15(2)19-10-11-20-17(14-24)8-7-12-23(19,20)4/h14-15,18-21H,3,5-13H2,1-2,4H3/b17-14+/t15-,18+,19-,20+,21+,23-/m1/s1. The third-order valence-corrected chi connectivity index (χ3v) is 8.34. The van der Waals surface area contributed by atoms with E-state index in [0.29, 0.717) is 16.9 Å². The number of halogens is 1. The van der Waals surface area contributed by atoms with Crippen molar-refractivity contribution in [3.05, 3.63) is 22.7 Å². The van der Waals surface area contributed by atoms with Crippen LogP contribution in [0.5, 0.6) is 0 Å². The summed E-state index contributed by atoms with van der Waals surface area (Å²) in [7, 11) is 0. The SMILES string of the molecule is C=C1C(=O)O[C@@H](C[C@@H](C)[C@H]2CC[C@H]3/C(=C/Br)CCC[C@]23C)[C@H]1CCCC. The molecule has 3 rings (SSSR count). The van der Waals surface area contributed by atoms with Gasteiger partial charge in [-0.05, 0) is 73.1 Å². The summed E-state index contributed by atoms with van der Waals surface area (Å²) in [5, 5.41) is 0. The second-order valence-corrected chi connectivity index (χ2v) is 9.67. The first-order chi connectivity index (χ1) is 12.4. The quantitative estimate of drug-likeness (QED) is 0.347. The molecule has 1 heterocycles. The van der Waals surface area contributed by atoms with Gasteiger partial charge in [0.1, 0.15) is 6.10 Å². The number of hydrogen-bond donors (Lipinski definition) is 0. The maximum Gasteiger partial charge on any atom is 0.334 e. The molecule has 0 aromatic rings. The first-order valence-corrected chi connectivity index (χ1v) is 11.5. The summed E-state index contributed by atoms with van der Waals surface area (Å²) < 4.78 is 5.77. The molecule has 0 unspecified atom stereocenters. The molecular formula is C23H35BrO2. The number of allylic oxidation sites excluding steroid dienone is 1. The van der Waals surface area contributed by atoms with Crippen molar-refractivity contribution in [1.29, 1.82) is 0 Å². The zero-order chi connectivity index (χ0) is 18.9. The van der Waals surface area contributed by atoms with Crippen LogP contribution in [0.4, 0.5) is 0 Å². The highest BCUT2D eigenvalue weighted by atomic mass is 79.9. The number of cyclic esters (lactones) is 1. The first-order valence-electron chi connectivity index (χ1n) is 10.6. The Hall–Kier alpha value is -0.570. The molecule has 146 valence electrons. The molecule has 3 fully saturated rings. The predicted octanol–water partition coefficient (Wildman–Crippen LogP) is 6.80. The van der Waals surface area contributed by atoms with Crippen molar-refractivity contribution in [3.63, 3.8) is 0 Å². The van der Waals surface area contributed by atoms with Crippen molar-refractivity contribution >= 4 is 21.9 Å². The number of carbonyl (C=O) groups excluding carboxylic acids is 1. The van der Waals surface area contributed by atoms with E-state index in [2.05, 4.69) is 48.3 Å². The van der Waals surface area contributed by atoms with Crippen LogP contribution < -0.4 is 0 Å². The van der Waals surface area contributed by atoms with Crippen molar-refractivity contribution < 1.29 is 9.53 Å². The van der Waals surface area contributed by atoms with Gasteiger partial charge in [-0.3, -0.25) is 0 Å². The van der Waals surface area contributed by atoms with E-state index in [4.69, 9.17) is 4.74 Å². The average Bonchev–Trinajstić information content (AvgIpc) is 3.10. The normalized spacial score (nSPS) is 39.9. The first kappa shape index (κ1) is 20.2. The minimum atomic E-state index is -0.152. The van der Waals surface area contributed by atoms with Gasteiger partial charge in [0, 0.05) is 11.5 Å². The Labute approximate surface area is 168 Å². The smallest absolute Gasteiger partial charge is 0.334 e. The van der Waals surface area contributed by atoms with E-state index in [1.165, 1.54) is 32.1 Å². The second-order valence-electron chi connectivity index (χ2n) is 9.21. The van der Waals surface area contributed by atoms with Crippen LogP contribution >= 0.6 is 15.9 Å². The van der Waals surface area contributed by atoms with Crippen molar-refractivity contribution in [3.8, 4) is 0 Å². The fourth-order valence-corrected chi connectivity index (χ4v) is 6.89. The van der Waals surface area contributed by atoms with Crippen LogP contribution in [0.15, 0.2) is 22.7 Å². The molecule has 1 aliphatic heterocycles. The Morgan fingerprint density at radius 2 is 2.19 bits per heavy atom. The number of hydrogen-bond acceptors (Lipinski definition) is 2. The molecular weight excluding hydrogens is 388 g/mol. The number of fused-ring (bicyclic) bond motifs is 1. The molecule has 0 radical (unpaired) electrons. The molecule has 6 atom stereocenters. The Morgan fingerprint density at radius 1 is 1.42 bits per heavy atom. The molecule has 2 aliphatic carbocycles. The Bertz CT molecular complexity index is 581. The van der Waals surface area contributed by atoms with Gasteiger partial charge in [-0.2, -0.15) is 0 Å². The Kier molecular flexibility index (Phi) is 6.37. The molecule has 0 N–H and O–H groups in total. The highest BCUT2D eigenvalue weighted by Crippen LogP contribution is 2.60. The minimum Gasteiger partial charge on any atom is -0.458 e. The number of unbranched alkanes of at least 4 members (excludes halogenated alkanes) is 1. The highest BCUT2D eigenvalue weighted by Gasteiger charge is 2.51. The molecule has 0 bridgehead atoms. The van der Waals surface area contributed by atoms with Gasteiger partial charge >= 0.3 is 5.97 Å². The third kappa shape index (κ3) is 3.57. The van der Waals surface area contributed by atoms with E-state index in [1.54, 1.807) is 5.57 Å². The molecule has 3 heteroatoms. The summed E-state index contributed by atoms with van der Waals surface area (Å²) in [5.74, 6) is 2.14. The second kappa shape index (κ2) is 8.20. The van der Waals surface area contributed by atoms with Crippen molar-refractivity contribution in [2.45, 2.75) is 84.7 Å². The highest BCUT2D eigenvalue weighted by molar-refractivity contribution is 9.11. The molecule has 0 amide bonds. The van der Waals surface area contributed by atoms with E-state index in [0.717, 1.165) is 37.5 Å². The van der Waals surface area contributed by atoms with Crippen LogP contribution in [0.3, 0.4) is 0 Å². The zero-order valence-electron chi connectivity index (χ0n) is 16.7. The fourth-order valence-electron chi connectivity index (χ4n) is 6.34. The van der Waals surface area contributed by atoms with Crippen molar-refractivity contribution in [2.24, 2.45) is 29.1 Å². The van der Waals surface area contributed by atoms with E-state index >= 15 is 0 Å². The van der Waals surface area contributed by atoms with Crippen LogP contribution in [-0.2, 0) is 9.53 Å². The summed E-state index contributed by atoms with van der Waals surface area (Å²) in [5.41, 5.74) is 2.75. The fraction of sp³-hybridized carbons (Fsp3) is 0.783. The van der Waals surface area contributed by atoms with Crippen LogP contribution in [-0.4, -0.2) is 12.1 Å². The van der Waals surface area contributed by atoms with Crippen LogP contribution in [0.2, 0.25) is 0 Å². The third-order valence-electron chi connectivity index (χ3n) is 7.75. The molecule has 3 aliphatic rings. The molecule has 0 aromatic heterocycles. The maximum absolute atomic E-state index is 12.1. The maximum atomic E-state index is 12.1. The molecule has 0 spiro atoms. The van der Waals surface area contributed by atoms with E-state index in [-0.39, 0.29) is 18.0 Å². The molecule has 0 aromatic carbocycles. The minimum absolute atomic E-state index is 0.0500. The van der Waals surface area contributed by atoms with Crippen molar-refractivity contribution in [1.82, 2.24) is 0 Å². The molecule has 2 nitrogen and oxygen atoms in total. The zero-order valence-corrected chi connectivity index (χ0v) is 18.3. The summed E-state index contributed by atoms with van der Waals surface area (Å²) in [4.78, 5) is 14.3. The average molecular weight is 423 g/mol. The monoisotopic (exact) mass is 422 g/mol. The lowest BCUT2D eigenvalue weighted by Crippen LogP contribution is -2.37. The molecule has 26 heavy (non-hydrogen) atoms. The van der Waals surface area contributed by atoms with E-state index in [9.17, 15) is 4.79 Å². The van der Waals surface area contributed by atoms with Gasteiger partial charge < -0.3 is 4.74 Å². The summed E-state index contributed by atoms with van der Waals surface area (Å²) in [6.45, 7) is 11.2. The Balaban J connectivity index is 1.70. The number of ether oxygens (including phenoxy) is 1. The van der Waals surface area contributed by atoms with Gasteiger partial charge in [0.25, 0.3) is 0 Å². The lowest BCUT2D eigenvalue weighted by atomic mass is 9.61. The van der Waals surface area contributed by atoms with E-state index < -0.39 is 0 Å². The largest absolute Gasteiger partial charge is 0.458 e. The van der Waals surface area contributed by atoms with Gasteiger partial charge in [-0.15, -0.1) is 0 Å². The van der Waals surface area contributed by atoms with Gasteiger partial charge in [0.15, 0.2) is 0 Å². The molecule has 2 saturated carbocycles. The molecule has 1 saturated heterocycles. The number of carbonyl (C=O) groups is 1. The lowest BCUT2D eigenvalue weighted by molar-refractivity contribution is -0.140. The number of esters is 1. The van der Waals surface area contributed by atoms with Gasteiger partial charge in [-0.1, -0.05) is 61.7 Å². The van der Waals surface area contributed by atoms with Gasteiger partial charge in [0.05, 0.1) is 0 Å². The summed E-state index contributed by atoms with van der Waals surface area (Å²) >= 11 is 3.62. The lowest BCUT2D eigenvalue weighted by Gasteiger charge is -2.44. The van der Waals surface area contributed by atoms with Crippen LogP contribution in [0.1, 0.15) is 78.6 Å². The van der Waals surface area contributed by atoms with E-state index in [1.807, 2.05) is 0 Å². The van der Waals surface area contributed by atoms with Crippen LogP contribution in [0, 0.1) is 29.1 Å². The van der Waals surface area contributed by atoms with Gasteiger partial charge in [0.2, 0.25) is 0 Å². The summed E-state index contributed by atoms with van der Waals surface area (Å²) in [6, 6.07) is 0. The summed E-state index contributed by atoms with van der Waals surface area (Å²) in [6.07, 6.45) is 10.9. The van der Waals surface area contributed by atoms with Gasteiger partial charge in [-0.25, -0.2) is 4.79 Å². The number of rotatable bonds is 6. The predicted molar refractivity (Wildman–Crippen MR) is 111 cm³/mol. The van der Waals surface area contributed by atoms with Crippen LogP contribution in [0.25, 0.3) is 0 Å². The topological polar surface area (TPSA) is 26.3 Å².